The Morgan fingerprint density at radius 3 is 2.90 bits per heavy atom. The third kappa shape index (κ3) is 4.02. The molecule has 0 aliphatic carbocycles. The number of aryl methyl sites for hydroxylation is 2. The first-order valence-electron chi connectivity index (χ1n) is 10.9. The van der Waals surface area contributed by atoms with Crippen LogP contribution in [0.25, 0.3) is 0 Å². The Morgan fingerprint density at radius 2 is 2.06 bits per heavy atom. The molecule has 0 saturated carbocycles. The normalized spacial score (nSPS) is 18.2. The van der Waals surface area contributed by atoms with Crippen molar-refractivity contribution in [3.63, 3.8) is 0 Å². The highest BCUT2D eigenvalue weighted by atomic mass is 32.1. The lowest BCUT2D eigenvalue weighted by molar-refractivity contribution is 0.0733. The monoisotopic (exact) mass is 433 g/mol. The average Bonchev–Trinajstić information content (AvgIpc) is 3.42. The van der Waals surface area contributed by atoms with E-state index in [4.69, 9.17) is 4.98 Å². The molecule has 2 aliphatic heterocycles. The van der Waals surface area contributed by atoms with Crippen molar-refractivity contribution in [3.05, 3.63) is 64.3 Å². The van der Waals surface area contributed by atoms with E-state index < -0.39 is 0 Å². The van der Waals surface area contributed by atoms with Gasteiger partial charge in [-0.1, -0.05) is 6.07 Å². The minimum Gasteiger partial charge on any atom is -0.374 e. The van der Waals surface area contributed by atoms with Gasteiger partial charge in [-0.3, -0.25) is 4.79 Å². The number of fused-ring (bicyclic) bond motifs is 1. The molecule has 1 amide bonds. The van der Waals surface area contributed by atoms with E-state index in [1.165, 1.54) is 11.3 Å². The molecule has 2 aromatic heterocycles. The molecule has 4 heterocycles. The number of likely N-dealkylation sites (tertiary alicyclic amines) is 1. The summed E-state index contributed by atoms with van der Waals surface area (Å²) < 4.78 is 0. The Kier molecular flexibility index (Phi) is 5.36. The number of nitrogens with one attached hydrogen (secondary N) is 1. The number of aromatic nitrogens is 2. The molecule has 0 unspecified atom stereocenters. The number of pyridine rings is 1. The molecule has 1 aromatic carbocycles. The van der Waals surface area contributed by atoms with Crippen LogP contribution in [0.3, 0.4) is 0 Å². The van der Waals surface area contributed by atoms with Crippen LogP contribution in [0, 0.1) is 6.92 Å². The Morgan fingerprint density at radius 1 is 1.16 bits per heavy atom. The Balaban J connectivity index is 1.37. The molecule has 1 saturated heterocycles. The minimum absolute atomic E-state index is 0.00554. The third-order valence-electron chi connectivity index (χ3n) is 6.16. The van der Waals surface area contributed by atoms with E-state index in [1.807, 2.05) is 41.5 Å². The lowest BCUT2D eigenvalue weighted by atomic mass is 9.99. The van der Waals surface area contributed by atoms with Gasteiger partial charge in [-0.05, 0) is 68.5 Å². The van der Waals surface area contributed by atoms with Gasteiger partial charge in [-0.15, -0.1) is 11.3 Å². The Labute approximate surface area is 186 Å². The summed E-state index contributed by atoms with van der Waals surface area (Å²) in [5.74, 6) is 0.872. The fourth-order valence-corrected chi connectivity index (χ4v) is 5.32. The highest BCUT2D eigenvalue weighted by Crippen LogP contribution is 2.34. The summed E-state index contributed by atoms with van der Waals surface area (Å²) in [6.45, 7) is 3.82. The number of carbonyl (C=O) groups excluding carboxylic acids is 1. The van der Waals surface area contributed by atoms with Gasteiger partial charge >= 0.3 is 0 Å². The minimum atomic E-state index is 0.00554. The zero-order valence-electron chi connectivity index (χ0n) is 18.0. The number of benzene rings is 1. The van der Waals surface area contributed by atoms with Gasteiger partial charge in [0.15, 0.2) is 5.13 Å². The van der Waals surface area contributed by atoms with Crippen molar-refractivity contribution in [1.29, 1.82) is 0 Å². The molecular weight excluding hydrogens is 406 g/mol. The number of carbonyl (C=O) groups is 1. The number of hydrogen-bond donors (Lipinski definition) is 1. The highest BCUT2D eigenvalue weighted by Gasteiger charge is 2.32. The molecule has 1 atom stereocenters. The second-order valence-electron chi connectivity index (χ2n) is 8.39. The van der Waals surface area contributed by atoms with E-state index in [2.05, 4.69) is 34.4 Å². The van der Waals surface area contributed by atoms with E-state index in [0.717, 1.165) is 66.7 Å². The lowest BCUT2D eigenvalue weighted by Crippen LogP contribution is -2.31. The molecule has 6 nitrogen and oxygen atoms in total. The smallest absolute Gasteiger partial charge is 0.254 e. The van der Waals surface area contributed by atoms with Crippen LogP contribution in [-0.2, 0) is 6.42 Å². The Hall–Kier alpha value is -2.93. The summed E-state index contributed by atoms with van der Waals surface area (Å²) in [5.41, 5.74) is 5.24. The van der Waals surface area contributed by atoms with Crippen molar-refractivity contribution in [2.45, 2.75) is 38.6 Å². The number of nitrogens with zero attached hydrogens (tertiary/aromatic N) is 4. The average molecular weight is 434 g/mol. The standard InChI is InChI=1S/C24H27N5OS/c1-16-15-31-24(25-16)27-22-9-3-7-19(26-22)21-8-5-13-29(21)23(30)18-10-11-20-17(14-18)6-4-12-28(20)2/h3,7,9-11,14-15,21H,4-6,8,12-13H2,1-2H3,(H,25,26,27)/t21-/m0/s1. The molecule has 160 valence electrons. The fraction of sp³-hybridized carbons (Fsp3) is 0.375. The maximum atomic E-state index is 13.4. The number of hydrogen-bond acceptors (Lipinski definition) is 6. The molecule has 31 heavy (non-hydrogen) atoms. The molecule has 1 fully saturated rings. The van der Waals surface area contributed by atoms with Gasteiger partial charge in [0.1, 0.15) is 5.82 Å². The zero-order chi connectivity index (χ0) is 21.4. The molecule has 0 spiro atoms. The van der Waals surface area contributed by atoms with Gasteiger partial charge in [-0.25, -0.2) is 9.97 Å². The van der Waals surface area contributed by atoms with Crippen LogP contribution in [0.15, 0.2) is 41.8 Å². The number of rotatable bonds is 4. The molecule has 7 heteroatoms. The van der Waals surface area contributed by atoms with Crippen LogP contribution >= 0.6 is 11.3 Å². The first-order chi connectivity index (χ1) is 15.1. The van der Waals surface area contributed by atoms with Crippen molar-refractivity contribution in [1.82, 2.24) is 14.9 Å². The van der Waals surface area contributed by atoms with Crippen LogP contribution in [-0.4, -0.2) is 40.9 Å². The fourth-order valence-electron chi connectivity index (χ4n) is 4.63. The van der Waals surface area contributed by atoms with Crippen LogP contribution < -0.4 is 10.2 Å². The lowest BCUT2D eigenvalue weighted by Gasteiger charge is -2.29. The van der Waals surface area contributed by atoms with Crippen LogP contribution in [0.1, 0.15) is 52.6 Å². The van der Waals surface area contributed by atoms with E-state index in [-0.39, 0.29) is 11.9 Å². The quantitative estimate of drug-likeness (QED) is 0.631. The second-order valence-corrected chi connectivity index (χ2v) is 9.25. The van der Waals surface area contributed by atoms with Gasteiger partial charge < -0.3 is 15.1 Å². The van der Waals surface area contributed by atoms with Gasteiger partial charge in [-0.2, -0.15) is 0 Å². The van der Waals surface area contributed by atoms with Gasteiger partial charge in [0.25, 0.3) is 5.91 Å². The van der Waals surface area contributed by atoms with Crippen molar-refractivity contribution in [3.8, 4) is 0 Å². The maximum Gasteiger partial charge on any atom is 0.254 e. The molecule has 3 aromatic rings. The predicted octanol–water partition coefficient (Wildman–Crippen LogP) is 4.95. The van der Waals surface area contributed by atoms with E-state index in [1.54, 1.807) is 11.3 Å². The largest absolute Gasteiger partial charge is 0.374 e. The molecule has 2 aliphatic rings. The number of anilines is 3. The zero-order valence-corrected chi connectivity index (χ0v) is 18.8. The van der Waals surface area contributed by atoms with Crippen molar-refractivity contribution in [2.24, 2.45) is 0 Å². The van der Waals surface area contributed by atoms with Crippen LogP contribution in [0.5, 0.6) is 0 Å². The summed E-state index contributed by atoms with van der Waals surface area (Å²) in [6, 6.07) is 12.2. The second kappa shape index (κ2) is 8.30. The van der Waals surface area contributed by atoms with Gasteiger partial charge in [0.2, 0.25) is 0 Å². The summed E-state index contributed by atoms with van der Waals surface area (Å²) in [4.78, 5) is 27.0. The highest BCUT2D eigenvalue weighted by molar-refractivity contribution is 7.13. The van der Waals surface area contributed by atoms with Crippen LogP contribution in [0.2, 0.25) is 0 Å². The summed E-state index contributed by atoms with van der Waals surface area (Å²) in [5, 5.41) is 6.14. The topological polar surface area (TPSA) is 61.4 Å². The van der Waals surface area contributed by atoms with E-state index in [9.17, 15) is 4.79 Å². The molecular formula is C24H27N5OS. The number of thiazole rings is 1. The first-order valence-corrected chi connectivity index (χ1v) is 11.8. The molecule has 0 bridgehead atoms. The van der Waals surface area contributed by atoms with Crippen LogP contribution in [0.4, 0.5) is 16.6 Å². The van der Waals surface area contributed by atoms with Crippen molar-refractivity contribution < 1.29 is 4.79 Å². The van der Waals surface area contributed by atoms with E-state index in [0.29, 0.717) is 0 Å². The molecule has 0 radical (unpaired) electrons. The molecule has 1 N–H and O–H groups in total. The van der Waals surface area contributed by atoms with Crippen molar-refractivity contribution in [2.75, 3.05) is 30.4 Å². The summed E-state index contributed by atoms with van der Waals surface area (Å²) in [6.07, 6.45) is 4.10. The van der Waals surface area contributed by atoms with Crippen molar-refractivity contribution >= 4 is 33.9 Å². The van der Waals surface area contributed by atoms with Gasteiger partial charge in [0, 0.05) is 36.8 Å². The summed E-state index contributed by atoms with van der Waals surface area (Å²) >= 11 is 1.57. The summed E-state index contributed by atoms with van der Waals surface area (Å²) in [7, 11) is 2.12. The Bertz CT molecular complexity index is 1110. The predicted molar refractivity (Wildman–Crippen MR) is 125 cm³/mol. The van der Waals surface area contributed by atoms with E-state index >= 15 is 0 Å². The first kappa shape index (κ1) is 20.0. The van der Waals surface area contributed by atoms with Gasteiger partial charge in [0.05, 0.1) is 17.4 Å². The third-order valence-corrected chi connectivity index (χ3v) is 7.03. The number of amides is 1. The maximum absolute atomic E-state index is 13.4. The molecule has 5 rings (SSSR count). The SMILES string of the molecule is Cc1csc(Nc2cccc([C@@H]3CCCN3C(=O)c3ccc4c(c3)CCCN4C)n2)n1.